The number of likely N-dealkylation sites (tertiary alicyclic amines) is 1. The Bertz CT molecular complexity index is 158. The molecule has 1 heterocycles. The van der Waals surface area contributed by atoms with Gasteiger partial charge in [0.1, 0.15) is 0 Å². The monoisotopic (exact) mass is 196 g/mol. The molecule has 1 rings (SSSR count). The number of nitrogens with two attached hydrogens (primary N) is 1. The molecule has 0 amide bonds. The van der Waals surface area contributed by atoms with E-state index in [2.05, 4.69) is 24.0 Å². The molecule has 14 heavy (non-hydrogen) atoms. The Balaban J connectivity index is 2.09. The van der Waals surface area contributed by atoms with Gasteiger partial charge in [-0.1, -0.05) is 19.1 Å². The molecule has 1 aliphatic rings. The van der Waals surface area contributed by atoms with Crippen LogP contribution in [0.5, 0.6) is 0 Å². The van der Waals surface area contributed by atoms with Crippen molar-refractivity contribution in [1.29, 1.82) is 0 Å². The predicted octanol–water partition coefficient (Wildman–Crippen LogP) is 2.01. The summed E-state index contributed by atoms with van der Waals surface area (Å²) in [5.74, 6) is 0.923. The van der Waals surface area contributed by atoms with Crippen molar-refractivity contribution in [1.82, 2.24) is 4.90 Å². The molecule has 82 valence electrons. The van der Waals surface area contributed by atoms with E-state index in [0.717, 1.165) is 18.9 Å². The van der Waals surface area contributed by atoms with Crippen LogP contribution in [0.2, 0.25) is 0 Å². The Labute approximate surface area is 88.2 Å². The molecule has 2 N–H and O–H groups in total. The highest BCUT2D eigenvalue weighted by Crippen LogP contribution is 2.20. The topological polar surface area (TPSA) is 29.3 Å². The summed E-state index contributed by atoms with van der Waals surface area (Å²) in [6.45, 7) is 6.85. The van der Waals surface area contributed by atoms with Gasteiger partial charge in [0.05, 0.1) is 0 Å². The quantitative estimate of drug-likeness (QED) is 0.682. The Morgan fingerprint density at radius 2 is 2.00 bits per heavy atom. The maximum absolute atomic E-state index is 5.43. The summed E-state index contributed by atoms with van der Waals surface area (Å²) in [4.78, 5) is 2.54. The molecule has 0 bridgehead atoms. The highest BCUT2D eigenvalue weighted by Gasteiger charge is 2.16. The van der Waals surface area contributed by atoms with E-state index in [0.29, 0.717) is 0 Å². The number of allylic oxidation sites excluding steroid dienone is 1. The second-order valence-corrected chi connectivity index (χ2v) is 4.16. The van der Waals surface area contributed by atoms with Gasteiger partial charge >= 0.3 is 0 Å². The third-order valence-corrected chi connectivity index (χ3v) is 3.12. The van der Waals surface area contributed by atoms with Gasteiger partial charge in [0.25, 0.3) is 0 Å². The van der Waals surface area contributed by atoms with Crippen LogP contribution >= 0.6 is 0 Å². The minimum atomic E-state index is 0.783. The van der Waals surface area contributed by atoms with Crippen molar-refractivity contribution in [3.63, 3.8) is 0 Å². The summed E-state index contributed by atoms with van der Waals surface area (Å²) in [6, 6.07) is 0. The fourth-order valence-electron chi connectivity index (χ4n) is 2.04. The van der Waals surface area contributed by atoms with E-state index < -0.39 is 0 Å². The van der Waals surface area contributed by atoms with Crippen molar-refractivity contribution in [2.24, 2.45) is 11.7 Å². The molecule has 2 nitrogen and oxygen atoms in total. The highest BCUT2D eigenvalue weighted by atomic mass is 15.1. The molecule has 0 atom stereocenters. The Kier molecular flexibility index (Phi) is 5.88. The van der Waals surface area contributed by atoms with E-state index in [1.165, 1.54) is 38.9 Å². The van der Waals surface area contributed by atoms with Crippen LogP contribution in [0.15, 0.2) is 12.2 Å². The number of piperidine rings is 1. The van der Waals surface area contributed by atoms with Crippen molar-refractivity contribution < 1.29 is 0 Å². The second kappa shape index (κ2) is 7.02. The summed E-state index contributed by atoms with van der Waals surface area (Å²) in [5.41, 5.74) is 5.43. The van der Waals surface area contributed by atoms with Crippen LogP contribution in [0.4, 0.5) is 0 Å². The summed E-state index contributed by atoms with van der Waals surface area (Å²) in [5, 5.41) is 0. The van der Waals surface area contributed by atoms with Crippen LogP contribution < -0.4 is 5.73 Å². The lowest BCUT2D eigenvalue weighted by Gasteiger charge is -2.30. The molecule has 0 saturated carbocycles. The van der Waals surface area contributed by atoms with E-state index in [-0.39, 0.29) is 0 Å². The molecule has 0 spiro atoms. The van der Waals surface area contributed by atoms with Gasteiger partial charge in [-0.05, 0) is 57.8 Å². The fourth-order valence-corrected chi connectivity index (χ4v) is 2.04. The maximum Gasteiger partial charge on any atom is -0.00161 e. The smallest absolute Gasteiger partial charge is 0.00161 e. The van der Waals surface area contributed by atoms with Crippen molar-refractivity contribution >= 4 is 0 Å². The van der Waals surface area contributed by atoms with Crippen LogP contribution in [0.1, 0.15) is 32.6 Å². The molecule has 0 aliphatic carbocycles. The van der Waals surface area contributed by atoms with Gasteiger partial charge in [-0.15, -0.1) is 0 Å². The zero-order valence-electron chi connectivity index (χ0n) is 9.41. The summed E-state index contributed by atoms with van der Waals surface area (Å²) in [6.07, 6.45) is 9.60. The van der Waals surface area contributed by atoms with Crippen molar-refractivity contribution in [2.45, 2.75) is 32.6 Å². The van der Waals surface area contributed by atoms with Crippen LogP contribution in [-0.4, -0.2) is 31.1 Å². The fraction of sp³-hybridized carbons (Fsp3) is 0.833. The van der Waals surface area contributed by atoms with E-state index in [9.17, 15) is 0 Å². The van der Waals surface area contributed by atoms with Gasteiger partial charge < -0.3 is 10.6 Å². The van der Waals surface area contributed by atoms with Crippen LogP contribution in [0.3, 0.4) is 0 Å². The average Bonchev–Trinajstić information content (AvgIpc) is 2.25. The summed E-state index contributed by atoms with van der Waals surface area (Å²) >= 11 is 0. The van der Waals surface area contributed by atoms with E-state index in [1.807, 2.05) is 0 Å². The van der Waals surface area contributed by atoms with E-state index in [4.69, 9.17) is 5.73 Å². The van der Waals surface area contributed by atoms with Gasteiger partial charge in [0.15, 0.2) is 0 Å². The minimum Gasteiger partial charge on any atom is -0.330 e. The highest BCUT2D eigenvalue weighted by molar-refractivity contribution is 4.86. The third-order valence-electron chi connectivity index (χ3n) is 3.12. The van der Waals surface area contributed by atoms with Crippen molar-refractivity contribution in [2.75, 3.05) is 26.2 Å². The zero-order valence-corrected chi connectivity index (χ0v) is 9.41. The minimum absolute atomic E-state index is 0.783. The van der Waals surface area contributed by atoms with Crippen LogP contribution in [0.25, 0.3) is 0 Å². The van der Waals surface area contributed by atoms with E-state index in [1.54, 1.807) is 0 Å². The first-order valence-electron chi connectivity index (χ1n) is 5.94. The molecule has 0 radical (unpaired) electrons. The summed E-state index contributed by atoms with van der Waals surface area (Å²) in [7, 11) is 0. The molecule has 0 aromatic carbocycles. The lowest BCUT2D eigenvalue weighted by molar-refractivity contribution is 0.193. The molecule has 0 aromatic heterocycles. The third kappa shape index (κ3) is 4.25. The molecular weight excluding hydrogens is 172 g/mol. The maximum atomic E-state index is 5.43. The lowest BCUT2D eigenvalue weighted by atomic mass is 9.93. The largest absolute Gasteiger partial charge is 0.330 e. The molecule has 0 aromatic rings. The zero-order chi connectivity index (χ0) is 10.2. The van der Waals surface area contributed by atoms with Crippen LogP contribution in [-0.2, 0) is 0 Å². The molecule has 0 unspecified atom stereocenters. The average molecular weight is 196 g/mol. The van der Waals surface area contributed by atoms with Crippen LogP contribution in [0, 0.1) is 5.92 Å². The van der Waals surface area contributed by atoms with Gasteiger partial charge in [-0.3, -0.25) is 0 Å². The Morgan fingerprint density at radius 3 is 2.57 bits per heavy atom. The SMILES string of the molecule is CCN1CCC(C/C=C\CCN)CC1. The van der Waals surface area contributed by atoms with Gasteiger partial charge in [0, 0.05) is 0 Å². The normalized spacial score (nSPS) is 20.7. The predicted molar refractivity (Wildman–Crippen MR) is 62.3 cm³/mol. The van der Waals surface area contributed by atoms with Crippen molar-refractivity contribution in [3.05, 3.63) is 12.2 Å². The van der Waals surface area contributed by atoms with Gasteiger partial charge in [0.2, 0.25) is 0 Å². The molecule has 1 fully saturated rings. The lowest BCUT2D eigenvalue weighted by Crippen LogP contribution is -2.33. The Morgan fingerprint density at radius 1 is 1.29 bits per heavy atom. The number of rotatable bonds is 5. The molecule has 1 aliphatic heterocycles. The van der Waals surface area contributed by atoms with Crippen molar-refractivity contribution in [3.8, 4) is 0 Å². The molecular formula is C12H24N2. The first-order valence-corrected chi connectivity index (χ1v) is 5.94. The summed E-state index contributed by atoms with van der Waals surface area (Å²) < 4.78 is 0. The number of hydrogen-bond acceptors (Lipinski definition) is 2. The molecule has 1 saturated heterocycles. The molecule has 2 heteroatoms. The van der Waals surface area contributed by atoms with Gasteiger partial charge in [-0.25, -0.2) is 0 Å². The second-order valence-electron chi connectivity index (χ2n) is 4.16. The first-order chi connectivity index (χ1) is 6.86. The Hall–Kier alpha value is -0.340. The first kappa shape index (κ1) is 11.7. The van der Waals surface area contributed by atoms with E-state index >= 15 is 0 Å². The van der Waals surface area contributed by atoms with Gasteiger partial charge in [-0.2, -0.15) is 0 Å². The number of nitrogens with zero attached hydrogens (tertiary/aromatic N) is 1. The number of hydrogen-bond donors (Lipinski definition) is 1. The standard InChI is InChI=1S/C12H24N2/c1-2-14-10-7-12(8-11-14)6-4-3-5-9-13/h3-4,12H,2,5-11,13H2,1H3/b4-3-.